The van der Waals surface area contributed by atoms with Crippen LogP contribution in [0.4, 0.5) is 0 Å². The average Bonchev–Trinajstić information content (AvgIpc) is 2.17. The number of carbonyl (C=O) groups excluding carboxylic acids is 1. The Morgan fingerprint density at radius 1 is 1.50 bits per heavy atom. The molecule has 1 saturated heterocycles. The molecule has 0 atom stereocenters. The van der Waals surface area contributed by atoms with Crippen molar-refractivity contribution in [1.29, 1.82) is 0 Å². The molecule has 0 saturated carbocycles. The third-order valence-corrected chi connectivity index (χ3v) is 3.31. The van der Waals surface area contributed by atoms with Gasteiger partial charge in [-0.1, -0.05) is 15.9 Å². The van der Waals surface area contributed by atoms with Crippen LogP contribution in [0.15, 0.2) is 24.5 Å². The lowest BCUT2D eigenvalue weighted by Gasteiger charge is -2.38. The minimum absolute atomic E-state index is 0.115. The van der Waals surface area contributed by atoms with E-state index in [-0.39, 0.29) is 5.91 Å². The monoisotopic (exact) mass is 254 g/mol. The van der Waals surface area contributed by atoms with Gasteiger partial charge in [0.05, 0.1) is 0 Å². The normalized spacial score (nSPS) is 16.5. The summed E-state index contributed by atoms with van der Waals surface area (Å²) in [5.41, 5.74) is 0.730. The van der Waals surface area contributed by atoms with Gasteiger partial charge in [0.1, 0.15) is 0 Å². The molecule has 14 heavy (non-hydrogen) atoms. The summed E-state index contributed by atoms with van der Waals surface area (Å²) >= 11 is 3.41. The Hall–Kier alpha value is -0.900. The Kier molecular flexibility index (Phi) is 2.82. The van der Waals surface area contributed by atoms with Gasteiger partial charge < -0.3 is 4.90 Å². The first-order valence-electron chi connectivity index (χ1n) is 4.56. The number of nitrogens with zero attached hydrogens (tertiary/aromatic N) is 2. The van der Waals surface area contributed by atoms with Crippen molar-refractivity contribution in [2.75, 3.05) is 18.4 Å². The molecule has 2 rings (SSSR count). The van der Waals surface area contributed by atoms with Crippen molar-refractivity contribution in [3.63, 3.8) is 0 Å². The number of likely N-dealkylation sites (tertiary alicyclic amines) is 1. The van der Waals surface area contributed by atoms with Crippen molar-refractivity contribution in [1.82, 2.24) is 9.88 Å². The minimum Gasteiger partial charge on any atom is -0.338 e. The third-order valence-electron chi connectivity index (χ3n) is 2.39. The topological polar surface area (TPSA) is 33.2 Å². The van der Waals surface area contributed by atoms with Crippen LogP contribution in [-0.2, 0) is 0 Å². The first-order valence-corrected chi connectivity index (χ1v) is 5.68. The number of hydrogen-bond donors (Lipinski definition) is 0. The molecular formula is C10H11BrN2O. The summed E-state index contributed by atoms with van der Waals surface area (Å²) in [5.74, 6) is 0.741. The number of hydrogen-bond acceptors (Lipinski definition) is 2. The van der Waals surface area contributed by atoms with Gasteiger partial charge >= 0.3 is 0 Å². The van der Waals surface area contributed by atoms with Gasteiger partial charge in [0.15, 0.2) is 0 Å². The summed E-state index contributed by atoms with van der Waals surface area (Å²) in [5, 5.41) is 0.979. The lowest BCUT2D eigenvalue weighted by molar-refractivity contribution is 0.0539. The van der Waals surface area contributed by atoms with Crippen molar-refractivity contribution in [2.24, 2.45) is 5.92 Å². The third kappa shape index (κ3) is 1.80. The summed E-state index contributed by atoms with van der Waals surface area (Å²) < 4.78 is 0. The second kappa shape index (κ2) is 4.09. The van der Waals surface area contributed by atoms with Gasteiger partial charge in [-0.3, -0.25) is 9.78 Å². The number of pyridine rings is 1. The van der Waals surface area contributed by atoms with E-state index in [0.29, 0.717) is 5.92 Å². The Morgan fingerprint density at radius 2 is 2.14 bits per heavy atom. The van der Waals surface area contributed by atoms with Gasteiger partial charge in [-0.15, -0.1) is 0 Å². The van der Waals surface area contributed by atoms with Gasteiger partial charge in [0.25, 0.3) is 5.91 Å². The van der Waals surface area contributed by atoms with Crippen molar-refractivity contribution < 1.29 is 4.79 Å². The van der Waals surface area contributed by atoms with Gasteiger partial charge in [-0.25, -0.2) is 0 Å². The number of rotatable bonds is 2. The fourth-order valence-corrected chi connectivity index (χ4v) is 1.92. The Balaban J connectivity index is 1.98. The molecule has 3 nitrogen and oxygen atoms in total. The number of amides is 1. The van der Waals surface area contributed by atoms with Crippen molar-refractivity contribution >= 4 is 21.8 Å². The minimum atomic E-state index is 0.115. The number of aromatic nitrogens is 1. The lowest BCUT2D eigenvalue weighted by Crippen LogP contribution is -2.50. The van der Waals surface area contributed by atoms with Crippen molar-refractivity contribution in [3.8, 4) is 0 Å². The molecule has 1 amide bonds. The molecule has 1 aliphatic rings. The van der Waals surface area contributed by atoms with Gasteiger partial charge in [-0.05, 0) is 12.1 Å². The van der Waals surface area contributed by atoms with E-state index in [4.69, 9.17) is 0 Å². The van der Waals surface area contributed by atoms with Gasteiger partial charge in [0.2, 0.25) is 0 Å². The molecule has 0 unspecified atom stereocenters. The molecular weight excluding hydrogens is 244 g/mol. The summed E-state index contributed by atoms with van der Waals surface area (Å²) in [4.78, 5) is 17.5. The van der Waals surface area contributed by atoms with E-state index in [2.05, 4.69) is 20.9 Å². The zero-order chi connectivity index (χ0) is 9.97. The van der Waals surface area contributed by atoms with Crippen LogP contribution in [0.25, 0.3) is 0 Å². The first kappa shape index (κ1) is 9.65. The molecule has 1 aromatic heterocycles. The fourth-order valence-electron chi connectivity index (χ4n) is 1.51. The Bertz CT molecular complexity index is 322. The maximum Gasteiger partial charge on any atom is 0.253 e. The summed E-state index contributed by atoms with van der Waals surface area (Å²) in [6.07, 6.45) is 3.30. The molecule has 0 bridgehead atoms. The lowest BCUT2D eigenvalue weighted by atomic mass is 10.0. The van der Waals surface area contributed by atoms with Crippen LogP contribution in [0.1, 0.15) is 10.4 Å². The van der Waals surface area contributed by atoms with E-state index in [1.54, 1.807) is 24.5 Å². The van der Waals surface area contributed by atoms with E-state index in [1.165, 1.54) is 0 Å². The maximum absolute atomic E-state index is 11.8. The number of alkyl halides is 1. The standard InChI is InChI=1S/C10H11BrN2O/c11-5-8-6-13(7-8)10(14)9-1-3-12-4-2-9/h1-4,8H,5-7H2. The van der Waals surface area contributed by atoms with E-state index in [0.717, 1.165) is 24.0 Å². The molecule has 4 heteroatoms. The molecule has 1 aromatic rings. The smallest absolute Gasteiger partial charge is 0.253 e. The van der Waals surface area contributed by atoms with E-state index in [1.807, 2.05) is 4.90 Å². The molecule has 1 fully saturated rings. The molecule has 1 aliphatic heterocycles. The molecule has 0 N–H and O–H groups in total. The molecule has 0 aromatic carbocycles. The van der Waals surface area contributed by atoms with Gasteiger partial charge in [-0.2, -0.15) is 0 Å². The average molecular weight is 255 g/mol. The van der Waals surface area contributed by atoms with Crippen LogP contribution in [0.2, 0.25) is 0 Å². The fraction of sp³-hybridized carbons (Fsp3) is 0.400. The van der Waals surface area contributed by atoms with Crippen LogP contribution in [0.3, 0.4) is 0 Å². The predicted molar refractivity (Wildman–Crippen MR) is 57.4 cm³/mol. The molecule has 0 aliphatic carbocycles. The predicted octanol–water partition coefficient (Wildman–Crippen LogP) is 1.55. The highest BCUT2D eigenvalue weighted by Gasteiger charge is 2.29. The van der Waals surface area contributed by atoms with Crippen LogP contribution >= 0.6 is 15.9 Å². The maximum atomic E-state index is 11.8. The van der Waals surface area contributed by atoms with Gasteiger partial charge in [0, 0.05) is 42.3 Å². The second-order valence-electron chi connectivity index (χ2n) is 3.47. The van der Waals surface area contributed by atoms with Crippen LogP contribution in [0, 0.1) is 5.92 Å². The van der Waals surface area contributed by atoms with Crippen molar-refractivity contribution in [3.05, 3.63) is 30.1 Å². The molecule has 0 radical (unpaired) electrons. The molecule has 74 valence electrons. The second-order valence-corrected chi connectivity index (χ2v) is 4.11. The number of carbonyl (C=O) groups is 1. The number of halogens is 1. The largest absolute Gasteiger partial charge is 0.338 e. The first-order chi connectivity index (χ1) is 6.81. The van der Waals surface area contributed by atoms with E-state index >= 15 is 0 Å². The van der Waals surface area contributed by atoms with Crippen LogP contribution in [-0.4, -0.2) is 34.2 Å². The highest BCUT2D eigenvalue weighted by atomic mass is 79.9. The zero-order valence-electron chi connectivity index (χ0n) is 7.69. The Morgan fingerprint density at radius 3 is 2.71 bits per heavy atom. The molecule has 2 heterocycles. The zero-order valence-corrected chi connectivity index (χ0v) is 9.27. The SMILES string of the molecule is O=C(c1ccncc1)N1CC(CBr)C1. The summed E-state index contributed by atoms with van der Waals surface area (Å²) in [6, 6.07) is 3.51. The Labute approximate surface area is 91.3 Å². The van der Waals surface area contributed by atoms with Crippen molar-refractivity contribution in [2.45, 2.75) is 0 Å². The quantitative estimate of drug-likeness (QED) is 0.751. The van der Waals surface area contributed by atoms with Crippen LogP contribution < -0.4 is 0 Å². The summed E-state index contributed by atoms with van der Waals surface area (Å²) in [7, 11) is 0. The van der Waals surface area contributed by atoms with Crippen LogP contribution in [0.5, 0.6) is 0 Å². The summed E-state index contributed by atoms with van der Waals surface area (Å²) in [6.45, 7) is 1.73. The highest BCUT2D eigenvalue weighted by Crippen LogP contribution is 2.19. The highest BCUT2D eigenvalue weighted by molar-refractivity contribution is 9.09. The van der Waals surface area contributed by atoms with E-state index < -0.39 is 0 Å². The van der Waals surface area contributed by atoms with E-state index in [9.17, 15) is 4.79 Å². The molecule has 0 spiro atoms.